The maximum absolute atomic E-state index is 6.26. The highest BCUT2D eigenvalue weighted by Crippen LogP contribution is 2.27. The minimum atomic E-state index is -0.210. The van der Waals surface area contributed by atoms with Crippen LogP contribution >= 0.6 is 0 Å². The average molecular weight is 251 g/mol. The summed E-state index contributed by atoms with van der Waals surface area (Å²) in [5.74, 6) is 0.814. The normalized spacial score (nSPS) is 12.7. The maximum Gasteiger partial charge on any atom is 0.134 e. The van der Waals surface area contributed by atoms with Gasteiger partial charge in [-0.3, -0.25) is 0 Å². The van der Waals surface area contributed by atoms with Crippen LogP contribution in [0.15, 0.2) is 59.0 Å². The molecular formula is C17H17NO. The molecule has 2 heteroatoms. The lowest BCUT2D eigenvalue weighted by Crippen LogP contribution is -2.10. The summed E-state index contributed by atoms with van der Waals surface area (Å²) < 4.78 is 5.86. The fourth-order valence-electron chi connectivity index (χ4n) is 2.31. The molecule has 0 amide bonds. The van der Waals surface area contributed by atoms with Crippen LogP contribution in [0.5, 0.6) is 0 Å². The molecule has 3 aromatic rings. The van der Waals surface area contributed by atoms with Crippen molar-refractivity contribution in [3.63, 3.8) is 0 Å². The van der Waals surface area contributed by atoms with E-state index in [1.165, 1.54) is 5.56 Å². The molecule has 0 fully saturated rings. The molecule has 19 heavy (non-hydrogen) atoms. The number of furan rings is 1. The van der Waals surface area contributed by atoms with Gasteiger partial charge in [-0.2, -0.15) is 0 Å². The van der Waals surface area contributed by atoms with Gasteiger partial charge >= 0.3 is 0 Å². The van der Waals surface area contributed by atoms with Gasteiger partial charge in [-0.25, -0.2) is 0 Å². The first-order valence-corrected chi connectivity index (χ1v) is 6.61. The molecule has 1 aromatic heterocycles. The summed E-state index contributed by atoms with van der Waals surface area (Å²) in [5, 5.41) is 1.13. The van der Waals surface area contributed by atoms with Crippen molar-refractivity contribution in [3.05, 3.63) is 71.5 Å². The minimum absolute atomic E-state index is 0.210. The molecule has 0 aliphatic heterocycles. The van der Waals surface area contributed by atoms with E-state index in [1.807, 2.05) is 42.5 Å². The van der Waals surface area contributed by atoms with E-state index >= 15 is 0 Å². The molecule has 1 heterocycles. The Balaban J connectivity index is 2.01. The molecule has 0 aliphatic rings. The second kappa shape index (κ2) is 4.90. The summed E-state index contributed by atoms with van der Waals surface area (Å²) in [6.07, 6.45) is 1.03. The zero-order chi connectivity index (χ0) is 13.2. The van der Waals surface area contributed by atoms with Crippen molar-refractivity contribution in [2.75, 3.05) is 0 Å². The molecular weight excluding hydrogens is 234 g/mol. The number of fused-ring (bicyclic) bond motifs is 1. The first kappa shape index (κ1) is 12.0. The van der Waals surface area contributed by atoms with Crippen LogP contribution in [0.2, 0.25) is 0 Å². The fraction of sp³-hybridized carbons (Fsp3) is 0.176. The molecule has 3 rings (SSSR count). The Morgan fingerprint density at radius 1 is 1.05 bits per heavy atom. The van der Waals surface area contributed by atoms with Crippen molar-refractivity contribution >= 4 is 11.0 Å². The SMILES string of the molecule is CCc1ccc2oc(C(N)c3ccccc3)cc2c1. The van der Waals surface area contributed by atoms with Crippen molar-refractivity contribution < 1.29 is 4.42 Å². The predicted octanol–water partition coefficient (Wildman–Crippen LogP) is 4.04. The van der Waals surface area contributed by atoms with Crippen molar-refractivity contribution in [1.29, 1.82) is 0 Å². The standard InChI is InChI=1S/C17H17NO/c1-2-12-8-9-15-14(10-12)11-16(19-15)17(18)13-6-4-3-5-7-13/h3-11,17H,2,18H2,1H3. The van der Waals surface area contributed by atoms with E-state index in [1.54, 1.807) is 0 Å². The van der Waals surface area contributed by atoms with Gasteiger partial charge < -0.3 is 10.2 Å². The lowest BCUT2D eigenvalue weighted by Gasteiger charge is -2.07. The van der Waals surface area contributed by atoms with E-state index in [4.69, 9.17) is 10.2 Å². The van der Waals surface area contributed by atoms with Crippen LogP contribution in [0.3, 0.4) is 0 Å². The number of hydrogen-bond donors (Lipinski definition) is 1. The summed E-state index contributed by atoms with van der Waals surface area (Å²) >= 11 is 0. The van der Waals surface area contributed by atoms with Crippen LogP contribution < -0.4 is 5.73 Å². The number of benzene rings is 2. The maximum atomic E-state index is 6.26. The predicted molar refractivity (Wildman–Crippen MR) is 78.1 cm³/mol. The number of nitrogens with two attached hydrogens (primary N) is 1. The summed E-state index contributed by atoms with van der Waals surface area (Å²) in [6, 6.07) is 18.1. The monoisotopic (exact) mass is 251 g/mol. The van der Waals surface area contributed by atoms with Crippen LogP contribution in [0.1, 0.15) is 29.9 Å². The van der Waals surface area contributed by atoms with Gasteiger partial charge in [0.1, 0.15) is 11.3 Å². The lowest BCUT2D eigenvalue weighted by molar-refractivity contribution is 0.525. The number of aryl methyl sites for hydroxylation is 1. The second-order valence-corrected chi connectivity index (χ2v) is 4.76. The molecule has 2 aromatic carbocycles. The fourth-order valence-corrected chi connectivity index (χ4v) is 2.31. The smallest absolute Gasteiger partial charge is 0.134 e. The Bertz CT molecular complexity index is 685. The van der Waals surface area contributed by atoms with Gasteiger partial charge in [0.15, 0.2) is 0 Å². The summed E-state index contributed by atoms with van der Waals surface area (Å²) in [4.78, 5) is 0. The third kappa shape index (κ3) is 2.27. The molecule has 1 atom stereocenters. The summed E-state index contributed by atoms with van der Waals surface area (Å²) in [7, 11) is 0. The van der Waals surface area contributed by atoms with Gasteiger partial charge in [-0.05, 0) is 35.7 Å². The van der Waals surface area contributed by atoms with Crippen LogP contribution in [-0.4, -0.2) is 0 Å². The van der Waals surface area contributed by atoms with Crippen molar-refractivity contribution in [3.8, 4) is 0 Å². The Kier molecular flexibility index (Phi) is 3.10. The van der Waals surface area contributed by atoms with Gasteiger partial charge in [0.2, 0.25) is 0 Å². The highest BCUT2D eigenvalue weighted by Gasteiger charge is 2.13. The molecule has 0 bridgehead atoms. The zero-order valence-electron chi connectivity index (χ0n) is 11.0. The Hall–Kier alpha value is -2.06. The molecule has 1 unspecified atom stereocenters. The Labute approximate surface area is 112 Å². The van der Waals surface area contributed by atoms with E-state index in [-0.39, 0.29) is 6.04 Å². The largest absolute Gasteiger partial charge is 0.459 e. The molecule has 0 spiro atoms. The first-order valence-electron chi connectivity index (χ1n) is 6.61. The third-order valence-electron chi connectivity index (χ3n) is 3.47. The highest BCUT2D eigenvalue weighted by molar-refractivity contribution is 5.79. The van der Waals surface area contributed by atoms with Gasteiger partial charge in [0.05, 0.1) is 6.04 Å². The number of rotatable bonds is 3. The van der Waals surface area contributed by atoms with Gasteiger partial charge in [0.25, 0.3) is 0 Å². The second-order valence-electron chi connectivity index (χ2n) is 4.76. The summed E-state index contributed by atoms with van der Waals surface area (Å²) in [5.41, 5.74) is 9.54. The van der Waals surface area contributed by atoms with Crippen LogP contribution in [0, 0.1) is 0 Å². The van der Waals surface area contributed by atoms with Crippen molar-refractivity contribution in [2.24, 2.45) is 5.73 Å². The third-order valence-corrected chi connectivity index (χ3v) is 3.47. The Morgan fingerprint density at radius 2 is 1.84 bits per heavy atom. The molecule has 0 saturated carbocycles. The van der Waals surface area contributed by atoms with Crippen LogP contribution in [0.4, 0.5) is 0 Å². The van der Waals surface area contributed by atoms with Gasteiger partial charge in [0, 0.05) is 5.39 Å². The minimum Gasteiger partial charge on any atom is -0.459 e. The molecule has 96 valence electrons. The van der Waals surface area contributed by atoms with Gasteiger partial charge in [-0.15, -0.1) is 0 Å². The topological polar surface area (TPSA) is 39.2 Å². The van der Waals surface area contributed by atoms with E-state index in [0.29, 0.717) is 0 Å². The number of hydrogen-bond acceptors (Lipinski definition) is 2. The van der Waals surface area contributed by atoms with Crippen molar-refractivity contribution in [1.82, 2.24) is 0 Å². The Morgan fingerprint density at radius 3 is 2.58 bits per heavy atom. The van der Waals surface area contributed by atoms with E-state index in [2.05, 4.69) is 19.1 Å². The van der Waals surface area contributed by atoms with E-state index in [0.717, 1.165) is 28.7 Å². The highest BCUT2D eigenvalue weighted by atomic mass is 16.3. The molecule has 0 radical (unpaired) electrons. The quantitative estimate of drug-likeness (QED) is 0.763. The van der Waals surface area contributed by atoms with Crippen LogP contribution in [-0.2, 0) is 6.42 Å². The average Bonchev–Trinajstić information content (AvgIpc) is 2.90. The molecule has 0 aliphatic carbocycles. The van der Waals surface area contributed by atoms with E-state index < -0.39 is 0 Å². The van der Waals surface area contributed by atoms with Crippen LogP contribution in [0.25, 0.3) is 11.0 Å². The molecule has 2 nitrogen and oxygen atoms in total. The van der Waals surface area contributed by atoms with E-state index in [9.17, 15) is 0 Å². The lowest BCUT2D eigenvalue weighted by atomic mass is 10.1. The van der Waals surface area contributed by atoms with Gasteiger partial charge in [-0.1, -0.05) is 43.3 Å². The first-order chi connectivity index (χ1) is 9.28. The molecule has 2 N–H and O–H groups in total. The summed E-state index contributed by atoms with van der Waals surface area (Å²) in [6.45, 7) is 2.15. The van der Waals surface area contributed by atoms with Crippen molar-refractivity contribution in [2.45, 2.75) is 19.4 Å². The zero-order valence-corrected chi connectivity index (χ0v) is 11.0. The molecule has 0 saturated heterocycles.